The molecule has 0 unspecified atom stereocenters. The monoisotopic (exact) mass is 514 g/mol. The fourth-order valence-corrected chi connectivity index (χ4v) is 4.86. The molecule has 0 aliphatic carbocycles. The molecule has 1 aromatic carbocycles. The van der Waals surface area contributed by atoms with Crippen molar-refractivity contribution < 1.29 is 18.8 Å². The number of pyridine rings is 1. The van der Waals surface area contributed by atoms with Gasteiger partial charge in [0.15, 0.2) is 11.6 Å². The number of carbonyl (C=O) groups is 3. The van der Waals surface area contributed by atoms with Crippen molar-refractivity contribution in [1.29, 1.82) is 0 Å². The maximum absolute atomic E-state index is 14.4. The van der Waals surface area contributed by atoms with Crippen LogP contribution in [0, 0.1) is 13.8 Å². The zero-order chi connectivity index (χ0) is 27.0. The number of rotatable bonds is 7. The molecule has 4 heterocycles. The molecule has 5 rings (SSSR count). The summed E-state index contributed by atoms with van der Waals surface area (Å²) < 4.78 is 15.9. The van der Waals surface area contributed by atoms with Gasteiger partial charge in [0, 0.05) is 48.1 Å². The molecule has 4 aromatic rings. The van der Waals surface area contributed by atoms with E-state index in [9.17, 15) is 18.8 Å². The summed E-state index contributed by atoms with van der Waals surface area (Å²) in [6.07, 6.45) is 2.09. The van der Waals surface area contributed by atoms with Crippen LogP contribution >= 0.6 is 0 Å². The van der Waals surface area contributed by atoms with Gasteiger partial charge < -0.3 is 4.90 Å². The van der Waals surface area contributed by atoms with Crippen molar-refractivity contribution in [3.05, 3.63) is 71.7 Å². The minimum atomic E-state index is -1.29. The van der Waals surface area contributed by atoms with E-state index in [4.69, 9.17) is 0 Å². The van der Waals surface area contributed by atoms with Crippen LogP contribution in [0.5, 0.6) is 0 Å². The molecule has 1 aliphatic rings. The molecule has 1 aliphatic heterocycles. The maximum atomic E-state index is 14.4. The summed E-state index contributed by atoms with van der Waals surface area (Å²) in [6, 6.07) is 9.97. The lowest BCUT2D eigenvalue weighted by molar-refractivity contribution is -0.138. The molecule has 0 radical (unpaired) electrons. The molecule has 9 nitrogen and oxygen atoms in total. The number of hydrogen-bond acceptors (Lipinski definition) is 7. The molecule has 0 saturated carbocycles. The second-order valence-corrected chi connectivity index (χ2v) is 9.62. The van der Waals surface area contributed by atoms with Crippen molar-refractivity contribution in [2.75, 3.05) is 6.54 Å². The van der Waals surface area contributed by atoms with Gasteiger partial charge in [-0.25, -0.2) is 14.4 Å². The first-order chi connectivity index (χ1) is 18.2. The summed E-state index contributed by atoms with van der Waals surface area (Å²) >= 11 is 0. The topological polar surface area (TPSA) is 111 Å². The lowest BCUT2D eigenvalue weighted by Gasteiger charge is -2.23. The van der Waals surface area contributed by atoms with Gasteiger partial charge in [-0.2, -0.15) is 5.10 Å². The number of ketones is 2. The van der Waals surface area contributed by atoms with E-state index < -0.39 is 18.1 Å². The third-order valence-electron chi connectivity index (χ3n) is 6.73. The second kappa shape index (κ2) is 10.2. The zero-order valence-electron chi connectivity index (χ0n) is 21.4. The van der Waals surface area contributed by atoms with E-state index in [1.807, 2.05) is 31.2 Å². The summed E-state index contributed by atoms with van der Waals surface area (Å²) in [5, 5.41) is 5.00. The Kier molecular flexibility index (Phi) is 6.79. The molecule has 1 saturated heterocycles. The Morgan fingerprint density at radius 2 is 1.82 bits per heavy atom. The summed E-state index contributed by atoms with van der Waals surface area (Å²) in [5.41, 5.74) is 3.77. The summed E-state index contributed by atoms with van der Waals surface area (Å²) in [4.78, 5) is 52.9. The number of fused-ring (bicyclic) bond motifs is 1. The number of benzene rings is 1. The lowest BCUT2D eigenvalue weighted by atomic mass is 10.0. The van der Waals surface area contributed by atoms with Gasteiger partial charge in [0.05, 0.1) is 24.5 Å². The van der Waals surface area contributed by atoms with E-state index in [0.29, 0.717) is 22.4 Å². The van der Waals surface area contributed by atoms with E-state index in [1.54, 1.807) is 31.5 Å². The van der Waals surface area contributed by atoms with Gasteiger partial charge in [-0.05, 0) is 43.7 Å². The van der Waals surface area contributed by atoms with Crippen molar-refractivity contribution in [1.82, 2.24) is 29.6 Å². The van der Waals surface area contributed by atoms with E-state index in [2.05, 4.69) is 20.1 Å². The highest BCUT2D eigenvalue weighted by atomic mass is 19.1. The fourth-order valence-electron chi connectivity index (χ4n) is 4.86. The standard InChI is InChI=1S/C28H27FN6O3/c1-16-5-4-6-22(32-16)11-26(37)25-10-21(29)14-34(25)27(38)15-35-24-8-7-19(20-12-30-18(3)31-13-20)9-23(24)28(33-35)17(2)36/h4-9,12-13,21,25H,10-11,14-15H2,1-3H3/t21-,25+/m1/s1. The molecular weight excluding hydrogens is 487 g/mol. The van der Waals surface area contributed by atoms with Gasteiger partial charge in [-0.1, -0.05) is 12.1 Å². The molecule has 194 valence electrons. The molecule has 10 heteroatoms. The van der Waals surface area contributed by atoms with Crippen LogP contribution in [0.15, 0.2) is 48.8 Å². The average Bonchev–Trinajstić information content (AvgIpc) is 3.45. The first-order valence-electron chi connectivity index (χ1n) is 12.4. The quantitative estimate of drug-likeness (QED) is 0.347. The van der Waals surface area contributed by atoms with Crippen LogP contribution in [-0.4, -0.2) is 65.9 Å². The van der Waals surface area contributed by atoms with Crippen molar-refractivity contribution in [2.24, 2.45) is 0 Å². The third-order valence-corrected chi connectivity index (χ3v) is 6.73. The molecule has 1 amide bonds. The number of likely N-dealkylation sites (tertiary alicyclic amines) is 1. The molecule has 0 N–H and O–H groups in total. The Hall–Kier alpha value is -4.34. The minimum absolute atomic E-state index is 0.0214. The maximum Gasteiger partial charge on any atom is 0.245 e. The Bertz CT molecular complexity index is 1550. The normalized spacial score (nSPS) is 17.2. The van der Waals surface area contributed by atoms with Crippen LogP contribution < -0.4 is 0 Å². The van der Waals surface area contributed by atoms with Gasteiger partial charge in [0.25, 0.3) is 0 Å². The SMILES string of the molecule is CC(=O)c1nn(CC(=O)N2C[C@H](F)C[C@H]2C(=O)Cc2cccc(C)n2)c2ccc(-c3cnc(C)nc3)cc12. The van der Waals surface area contributed by atoms with Crippen molar-refractivity contribution in [3.8, 4) is 11.1 Å². The fraction of sp³-hybridized carbons (Fsp3) is 0.321. The number of aryl methyl sites for hydroxylation is 2. The lowest BCUT2D eigenvalue weighted by Crippen LogP contribution is -2.43. The van der Waals surface area contributed by atoms with E-state index in [-0.39, 0.29) is 43.2 Å². The second-order valence-electron chi connectivity index (χ2n) is 9.62. The van der Waals surface area contributed by atoms with Crippen LogP contribution in [0.25, 0.3) is 22.0 Å². The predicted octanol–water partition coefficient (Wildman–Crippen LogP) is 3.46. The Morgan fingerprint density at radius 3 is 2.53 bits per heavy atom. The van der Waals surface area contributed by atoms with E-state index in [1.165, 1.54) is 16.5 Å². The van der Waals surface area contributed by atoms with Crippen LogP contribution in [0.2, 0.25) is 0 Å². The smallest absolute Gasteiger partial charge is 0.245 e. The Labute approximate surface area is 218 Å². The number of nitrogens with zero attached hydrogens (tertiary/aromatic N) is 6. The molecule has 38 heavy (non-hydrogen) atoms. The van der Waals surface area contributed by atoms with Crippen LogP contribution in [-0.2, 0) is 22.6 Å². The highest BCUT2D eigenvalue weighted by Crippen LogP contribution is 2.28. The number of aromatic nitrogens is 5. The van der Waals surface area contributed by atoms with Gasteiger partial charge in [-0.15, -0.1) is 0 Å². The Balaban J connectivity index is 1.41. The van der Waals surface area contributed by atoms with Crippen LogP contribution in [0.3, 0.4) is 0 Å². The Morgan fingerprint density at radius 1 is 1.05 bits per heavy atom. The van der Waals surface area contributed by atoms with Crippen molar-refractivity contribution in [3.63, 3.8) is 0 Å². The summed E-state index contributed by atoms with van der Waals surface area (Å²) in [7, 11) is 0. The highest BCUT2D eigenvalue weighted by Gasteiger charge is 2.39. The number of Topliss-reactive ketones (excluding diaryl/α,β-unsaturated/α-hetero) is 2. The molecule has 2 atom stereocenters. The number of amides is 1. The zero-order valence-corrected chi connectivity index (χ0v) is 21.4. The van der Waals surface area contributed by atoms with Gasteiger partial charge in [-0.3, -0.25) is 24.0 Å². The number of halogens is 1. The number of alkyl halides is 1. The third kappa shape index (κ3) is 5.06. The molecule has 0 bridgehead atoms. The first-order valence-corrected chi connectivity index (χ1v) is 12.4. The van der Waals surface area contributed by atoms with E-state index >= 15 is 0 Å². The van der Waals surface area contributed by atoms with Gasteiger partial charge in [0.2, 0.25) is 5.91 Å². The summed E-state index contributed by atoms with van der Waals surface area (Å²) in [6.45, 7) is 4.66. The average molecular weight is 515 g/mol. The molecule has 0 spiro atoms. The minimum Gasteiger partial charge on any atom is -0.328 e. The van der Waals surface area contributed by atoms with Crippen molar-refractivity contribution in [2.45, 2.75) is 52.4 Å². The van der Waals surface area contributed by atoms with Crippen LogP contribution in [0.1, 0.15) is 41.0 Å². The molecule has 3 aromatic heterocycles. The number of carbonyl (C=O) groups excluding carboxylic acids is 3. The molecular formula is C28H27FN6O3. The summed E-state index contributed by atoms with van der Waals surface area (Å²) in [5.74, 6) is -0.287. The van der Waals surface area contributed by atoms with Crippen molar-refractivity contribution >= 4 is 28.4 Å². The first kappa shape index (κ1) is 25.3. The van der Waals surface area contributed by atoms with E-state index in [0.717, 1.165) is 16.8 Å². The largest absolute Gasteiger partial charge is 0.328 e. The molecule has 1 fully saturated rings. The van der Waals surface area contributed by atoms with Crippen LogP contribution in [0.4, 0.5) is 4.39 Å². The predicted molar refractivity (Wildman–Crippen MR) is 138 cm³/mol. The van der Waals surface area contributed by atoms with Gasteiger partial charge in [0.1, 0.15) is 24.2 Å². The number of hydrogen-bond donors (Lipinski definition) is 0. The highest BCUT2D eigenvalue weighted by molar-refractivity contribution is 6.06. The van der Waals surface area contributed by atoms with Gasteiger partial charge >= 0.3 is 0 Å².